The summed E-state index contributed by atoms with van der Waals surface area (Å²) in [4.78, 5) is 12.5. The first-order valence-corrected chi connectivity index (χ1v) is 12.3. The minimum atomic E-state index is -0.552. The molecule has 1 atom stereocenters. The Bertz CT molecular complexity index is 1370. The Morgan fingerprint density at radius 3 is 2.59 bits per heavy atom. The molecule has 190 valence electrons. The first-order valence-electron chi connectivity index (χ1n) is 12.3. The quantitative estimate of drug-likeness (QED) is 0.230. The number of ether oxygens (including phenoxy) is 4. The molecule has 0 saturated heterocycles. The van der Waals surface area contributed by atoms with E-state index in [9.17, 15) is 10.1 Å². The lowest BCUT2D eigenvalue weighted by atomic mass is 9.83. The van der Waals surface area contributed by atoms with E-state index in [1.165, 1.54) is 0 Å². The van der Waals surface area contributed by atoms with Crippen LogP contribution in [0.15, 0.2) is 72.1 Å². The number of esters is 1. The normalized spacial score (nSPS) is 14.3. The number of nitriles is 1. The highest BCUT2D eigenvalue weighted by Gasteiger charge is 2.33. The Kier molecular flexibility index (Phi) is 7.99. The maximum absolute atomic E-state index is 12.5. The lowest BCUT2D eigenvalue weighted by molar-refractivity contribution is -0.136. The molecular weight excluding hydrogens is 468 g/mol. The minimum Gasteiger partial charge on any atom is -0.493 e. The van der Waals surface area contributed by atoms with Gasteiger partial charge in [0.1, 0.15) is 34.6 Å². The molecule has 7 nitrogen and oxygen atoms in total. The Hall–Kier alpha value is -4.44. The number of aryl methyl sites for hydroxylation is 1. The number of carbonyl (C=O) groups is 1. The summed E-state index contributed by atoms with van der Waals surface area (Å²) in [5.74, 6) is 0.986. The number of fused-ring (bicyclic) bond motifs is 1. The van der Waals surface area contributed by atoms with E-state index in [0.29, 0.717) is 29.4 Å². The Labute approximate surface area is 217 Å². The molecule has 2 N–H and O–H groups in total. The van der Waals surface area contributed by atoms with Gasteiger partial charge in [0.2, 0.25) is 5.88 Å². The van der Waals surface area contributed by atoms with Crippen molar-refractivity contribution in [3.05, 3.63) is 94.4 Å². The molecule has 4 rings (SSSR count). The van der Waals surface area contributed by atoms with Crippen LogP contribution in [-0.4, -0.2) is 19.2 Å². The number of unbranched alkanes of at least 4 members (excludes halogenated alkanes) is 1. The molecule has 0 aliphatic carbocycles. The molecule has 37 heavy (non-hydrogen) atoms. The van der Waals surface area contributed by atoms with Crippen LogP contribution in [0.1, 0.15) is 47.9 Å². The SMILES string of the molecule is CCCCOc1ccccc1C1C(C#N)=C(N)Oc2cc(OC(=O)COc3cccc(C)c3C)ccc21. The zero-order valence-corrected chi connectivity index (χ0v) is 21.2. The maximum Gasteiger partial charge on any atom is 0.349 e. The lowest BCUT2D eigenvalue weighted by Gasteiger charge is -2.28. The molecule has 0 saturated carbocycles. The molecule has 1 heterocycles. The van der Waals surface area contributed by atoms with Crippen LogP contribution in [0.3, 0.4) is 0 Å². The fourth-order valence-electron chi connectivity index (χ4n) is 4.17. The van der Waals surface area contributed by atoms with Gasteiger partial charge in [-0.1, -0.05) is 49.7 Å². The number of allylic oxidation sites excluding steroid dienone is 1. The lowest BCUT2D eigenvalue weighted by Crippen LogP contribution is -2.22. The smallest absolute Gasteiger partial charge is 0.349 e. The third kappa shape index (κ3) is 5.70. The highest BCUT2D eigenvalue weighted by atomic mass is 16.6. The van der Waals surface area contributed by atoms with Gasteiger partial charge in [0.25, 0.3) is 0 Å². The molecule has 0 radical (unpaired) electrons. The van der Waals surface area contributed by atoms with Crippen LogP contribution in [0, 0.1) is 25.2 Å². The molecule has 7 heteroatoms. The van der Waals surface area contributed by atoms with Crippen LogP contribution in [0.2, 0.25) is 0 Å². The van der Waals surface area contributed by atoms with Crippen molar-refractivity contribution in [2.24, 2.45) is 5.73 Å². The Balaban J connectivity index is 1.57. The molecule has 1 unspecified atom stereocenters. The number of rotatable bonds is 9. The number of hydrogen-bond acceptors (Lipinski definition) is 7. The predicted molar refractivity (Wildman–Crippen MR) is 140 cm³/mol. The molecule has 0 fully saturated rings. The average Bonchev–Trinajstić information content (AvgIpc) is 2.89. The van der Waals surface area contributed by atoms with E-state index in [1.54, 1.807) is 18.2 Å². The number of nitrogens with zero attached hydrogens (tertiary/aromatic N) is 1. The molecule has 0 aromatic heterocycles. The maximum atomic E-state index is 12.5. The zero-order chi connectivity index (χ0) is 26.4. The van der Waals surface area contributed by atoms with Gasteiger partial charge in [-0.15, -0.1) is 0 Å². The second-order valence-corrected chi connectivity index (χ2v) is 8.83. The topological polar surface area (TPSA) is 104 Å². The van der Waals surface area contributed by atoms with E-state index in [4.69, 9.17) is 24.7 Å². The molecular formula is C30H30N2O5. The van der Waals surface area contributed by atoms with Crippen molar-refractivity contribution in [1.29, 1.82) is 5.26 Å². The highest BCUT2D eigenvalue weighted by molar-refractivity contribution is 5.74. The van der Waals surface area contributed by atoms with E-state index >= 15 is 0 Å². The third-order valence-electron chi connectivity index (χ3n) is 6.31. The fraction of sp³-hybridized carbons (Fsp3) is 0.267. The van der Waals surface area contributed by atoms with Gasteiger partial charge in [-0.3, -0.25) is 0 Å². The predicted octanol–water partition coefficient (Wildman–Crippen LogP) is 5.68. The van der Waals surface area contributed by atoms with E-state index in [-0.39, 0.29) is 18.2 Å². The van der Waals surface area contributed by atoms with Gasteiger partial charge in [-0.2, -0.15) is 5.26 Å². The van der Waals surface area contributed by atoms with Crippen molar-refractivity contribution < 1.29 is 23.7 Å². The van der Waals surface area contributed by atoms with Crippen molar-refractivity contribution in [3.8, 4) is 29.1 Å². The monoisotopic (exact) mass is 498 g/mol. The van der Waals surface area contributed by atoms with Crippen LogP contribution in [0.5, 0.6) is 23.0 Å². The first-order chi connectivity index (χ1) is 17.9. The average molecular weight is 499 g/mol. The number of hydrogen-bond donors (Lipinski definition) is 1. The summed E-state index contributed by atoms with van der Waals surface area (Å²) < 4.78 is 23.0. The number of carbonyl (C=O) groups excluding carboxylic acids is 1. The summed E-state index contributed by atoms with van der Waals surface area (Å²) in [5, 5.41) is 9.90. The van der Waals surface area contributed by atoms with Gasteiger partial charge in [-0.25, -0.2) is 4.79 Å². The van der Waals surface area contributed by atoms with E-state index in [2.05, 4.69) is 13.0 Å². The fourth-order valence-corrected chi connectivity index (χ4v) is 4.17. The molecule has 0 bridgehead atoms. The number of nitrogens with two attached hydrogens (primary N) is 1. The summed E-state index contributed by atoms with van der Waals surface area (Å²) in [6.07, 6.45) is 1.93. The van der Waals surface area contributed by atoms with Crippen LogP contribution in [0.4, 0.5) is 0 Å². The van der Waals surface area contributed by atoms with E-state index < -0.39 is 11.9 Å². The van der Waals surface area contributed by atoms with E-state index in [1.807, 2.05) is 56.3 Å². The van der Waals surface area contributed by atoms with Crippen molar-refractivity contribution in [1.82, 2.24) is 0 Å². The van der Waals surface area contributed by atoms with E-state index in [0.717, 1.165) is 35.1 Å². The van der Waals surface area contributed by atoms with Gasteiger partial charge >= 0.3 is 5.97 Å². The molecule has 0 amide bonds. The first kappa shape index (κ1) is 25.6. The zero-order valence-electron chi connectivity index (χ0n) is 21.2. The molecule has 3 aromatic carbocycles. The van der Waals surface area contributed by atoms with Crippen LogP contribution in [0.25, 0.3) is 0 Å². The summed E-state index contributed by atoms with van der Waals surface area (Å²) >= 11 is 0. The Morgan fingerprint density at radius 2 is 1.81 bits per heavy atom. The highest BCUT2D eigenvalue weighted by Crippen LogP contribution is 2.45. The number of benzene rings is 3. The largest absolute Gasteiger partial charge is 0.493 e. The molecule has 3 aromatic rings. The molecule has 1 aliphatic rings. The minimum absolute atomic E-state index is 0.00472. The summed E-state index contributed by atoms with van der Waals surface area (Å²) in [6.45, 7) is 6.35. The summed E-state index contributed by atoms with van der Waals surface area (Å²) in [7, 11) is 0. The van der Waals surface area contributed by atoms with Crippen molar-refractivity contribution in [2.45, 2.75) is 39.5 Å². The van der Waals surface area contributed by atoms with Gasteiger partial charge in [-0.05, 0) is 49.6 Å². The van der Waals surface area contributed by atoms with Crippen molar-refractivity contribution in [2.75, 3.05) is 13.2 Å². The third-order valence-corrected chi connectivity index (χ3v) is 6.31. The van der Waals surface area contributed by atoms with Gasteiger partial charge < -0.3 is 24.7 Å². The summed E-state index contributed by atoms with van der Waals surface area (Å²) in [5.41, 5.74) is 10.0. The molecule has 0 spiro atoms. The standard InChI is InChI=1S/C30H30N2O5/c1-4-5-15-34-26-11-7-6-10-22(26)29-23-14-13-21(16-27(23)37-30(32)24(29)17-31)36-28(33)18-35-25-12-8-9-19(2)20(25)3/h6-14,16,29H,4-5,15,18,32H2,1-3H3. The van der Waals surface area contributed by atoms with Crippen molar-refractivity contribution in [3.63, 3.8) is 0 Å². The van der Waals surface area contributed by atoms with Gasteiger partial charge in [0, 0.05) is 17.2 Å². The van der Waals surface area contributed by atoms with Crippen LogP contribution >= 0.6 is 0 Å². The summed E-state index contributed by atoms with van der Waals surface area (Å²) in [6, 6.07) is 20.5. The van der Waals surface area contributed by atoms with Gasteiger partial charge in [0.15, 0.2) is 6.61 Å². The van der Waals surface area contributed by atoms with Crippen LogP contribution < -0.4 is 24.7 Å². The number of para-hydroxylation sites is 1. The molecule has 1 aliphatic heterocycles. The van der Waals surface area contributed by atoms with Crippen molar-refractivity contribution >= 4 is 5.97 Å². The second kappa shape index (κ2) is 11.5. The Morgan fingerprint density at radius 1 is 1.03 bits per heavy atom. The second-order valence-electron chi connectivity index (χ2n) is 8.83. The van der Waals surface area contributed by atoms with Gasteiger partial charge in [0.05, 0.1) is 12.5 Å². The van der Waals surface area contributed by atoms with Crippen LogP contribution in [-0.2, 0) is 4.79 Å².